The van der Waals surface area contributed by atoms with Crippen LogP contribution in [0.15, 0.2) is 40.7 Å². The Bertz CT molecular complexity index is 548. The molecule has 1 aromatic heterocycles. The molecule has 1 aromatic carbocycles. The molecule has 0 unspecified atom stereocenters. The molecule has 0 aliphatic heterocycles. The van der Waals surface area contributed by atoms with Crippen LogP contribution in [0.25, 0.3) is 0 Å². The zero-order valence-electron chi connectivity index (χ0n) is 8.84. The van der Waals surface area contributed by atoms with Crippen molar-refractivity contribution in [2.24, 2.45) is 4.99 Å². The van der Waals surface area contributed by atoms with Crippen molar-refractivity contribution in [3.05, 3.63) is 51.7 Å². The normalized spacial score (nSPS) is 10.5. The summed E-state index contributed by atoms with van der Waals surface area (Å²) in [6.45, 7) is 1.92. The summed E-state index contributed by atoms with van der Waals surface area (Å²) in [6, 6.07) is 11.8. The van der Waals surface area contributed by atoms with E-state index in [1.807, 2.05) is 42.8 Å². The zero-order chi connectivity index (χ0) is 11.4. The molecule has 0 aliphatic carbocycles. The predicted molar refractivity (Wildman–Crippen MR) is 67.5 cm³/mol. The van der Waals surface area contributed by atoms with Crippen LogP contribution in [-0.2, 0) is 0 Å². The van der Waals surface area contributed by atoms with Gasteiger partial charge < -0.3 is 0 Å². The van der Waals surface area contributed by atoms with Crippen LogP contribution in [0.2, 0.25) is 0 Å². The third-order valence-corrected chi connectivity index (χ3v) is 3.03. The number of benzene rings is 1. The second kappa shape index (κ2) is 4.73. The van der Waals surface area contributed by atoms with Gasteiger partial charge in [0.15, 0.2) is 0 Å². The largest absolute Gasteiger partial charge is 0.255 e. The summed E-state index contributed by atoms with van der Waals surface area (Å²) in [7, 11) is 0. The Kier molecular flexibility index (Phi) is 3.13. The maximum absolute atomic E-state index is 8.90. The van der Waals surface area contributed by atoms with Crippen molar-refractivity contribution in [3.8, 4) is 6.07 Å². The predicted octanol–water partition coefficient (Wildman–Crippen LogP) is 3.68. The average molecular weight is 226 g/mol. The van der Waals surface area contributed by atoms with Crippen LogP contribution >= 0.6 is 11.3 Å². The monoisotopic (exact) mass is 226 g/mol. The second-order valence-corrected chi connectivity index (χ2v) is 4.36. The molecule has 0 radical (unpaired) electrons. The van der Waals surface area contributed by atoms with Crippen LogP contribution in [-0.4, -0.2) is 6.21 Å². The fourth-order valence-electron chi connectivity index (χ4n) is 1.31. The first kappa shape index (κ1) is 10.6. The number of aliphatic imine (C=N–C) groups is 1. The average Bonchev–Trinajstić information content (AvgIpc) is 2.81. The van der Waals surface area contributed by atoms with Gasteiger partial charge in [-0.1, -0.05) is 12.1 Å². The molecule has 0 bridgehead atoms. The molecular formula is C13H10N2S. The van der Waals surface area contributed by atoms with Gasteiger partial charge in [-0.15, -0.1) is 11.3 Å². The summed E-state index contributed by atoms with van der Waals surface area (Å²) in [6.07, 6.45) is 1.82. The molecule has 2 aromatic rings. The molecular weight excluding hydrogens is 216 g/mol. The van der Waals surface area contributed by atoms with E-state index in [1.165, 1.54) is 0 Å². The van der Waals surface area contributed by atoms with Gasteiger partial charge in [0.2, 0.25) is 0 Å². The first-order chi connectivity index (χ1) is 7.79. The maximum Gasteiger partial charge on any atom is 0.0995 e. The maximum atomic E-state index is 8.90. The highest BCUT2D eigenvalue weighted by Crippen LogP contribution is 2.17. The molecule has 0 aliphatic rings. The molecule has 1 heterocycles. The smallest absolute Gasteiger partial charge is 0.0995 e. The Hall–Kier alpha value is -1.92. The van der Waals surface area contributed by atoms with E-state index >= 15 is 0 Å². The standard InChI is InChI=1S/C13H10N2S/c1-10-4-5-12(7-11(10)8-14)15-9-13-3-2-6-16-13/h2-7,9H,1H3. The van der Waals surface area contributed by atoms with Crippen molar-refractivity contribution in [2.75, 3.05) is 0 Å². The SMILES string of the molecule is Cc1ccc(N=Cc2cccs2)cc1C#N. The van der Waals surface area contributed by atoms with Gasteiger partial charge >= 0.3 is 0 Å². The van der Waals surface area contributed by atoms with Crippen LogP contribution in [0.3, 0.4) is 0 Å². The van der Waals surface area contributed by atoms with E-state index in [9.17, 15) is 0 Å². The van der Waals surface area contributed by atoms with Gasteiger partial charge in [-0.3, -0.25) is 4.99 Å². The Morgan fingerprint density at radius 3 is 2.94 bits per heavy atom. The van der Waals surface area contributed by atoms with E-state index < -0.39 is 0 Å². The summed E-state index contributed by atoms with van der Waals surface area (Å²) >= 11 is 1.64. The fourth-order valence-corrected chi connectivity index (χ4v) is 1.90. The van der Waals surface area contributed by atoms with Gasteiger partial charge in [-0.05, 0) is 36.1 Å². The lowest BCUT2D eigenvalue weighted by Gasteiger charge is -1.97. The molecule has 0 amide bonds. The number of nitriles is 1. The zero-order valence-corrected chi connectivity index (χ0v) is 9.66. The van der Waals surface area contributed by atoms with Crippen molar-refractivity contribution in [1.29, 1.82) is 5.26 Å². The third kappa shape index (κ3) is 2.36. The lowest BCUT2D eigenvalue weighted by molar-refractivity contribution is 1.38. The molecule has 0 saturated heterocycles. The number of hydrogen-bond donors (Lipinski definition) is 0. The highest BCUT2D eigenvalue weighted by atomic mass is 32.1. The molecule has 2 rings (SSSR count). The molecule has 0 fully saturated rings. The van der Waals surface area contributed by atoms with Crippen molar-refractivity contribution in [3.63, 3.8) is 0 Å². The number of aryl methyl sites for hydroxylation is 1. The van der Waals surface area contributed by atoms with E-state index in [0.29, 0.717) is 5.56 Å². The third-order valence-electron chi connectivity index (χ3n) is 2.23. The number of hydrogen-bond acceptors (Lipinski definition) is 3. The molecule has 78 valence electrons. The van der Waals surface area contributed by atoms with Crippen LogP contribution in [0.5, 0.6) is 0 Å². The van der Waals surface area contributed by atoms with E-state index in [-0.39, 0.29) is 0 Å². The summed E-state index contributed by atoms with van der Waals surface area (Å²) in [5.74, 6) is 0. The Morgan fingerprint density at radius 1 is 1.38 bits per heavy atom. The molecule has 0 atom stereocenters. The quantitative estimate of drug-likeness (QED) is 0.719. The van der Waals surface area contributed by atoms with E-state index in [4.69, 9.17) is 5.26 Å². The van der Waals surface area contributed by atoms with Gasteiger partial charge in [0, 0.05) is 11.1 Å². The number of rotatable bonds is 2. The minimum Gasteiger partial charge on any atom is -0.255 e. The van der Waals surface area contributed by atoms with Crippen molar-refractivity contribution >= 4 is 23.2 Å². The lowest BCUT2D eigenvalue weighted by atomic mass is 10.1. The van der Waals surface area contributed by atoms with E-state index in [0.717, 1.165) is 16.1 Å². The fraction of sp³-hybridized carbons (Fsp3) is 0.0769. The van der Waals surface area contributed by atoms with Crippen LogP contribution < -0.4 is 0 Å². The van der Waals surface area contributed by atoms with Crippen molar-refractivity contribution in [2.45, 2.75) is 6.92 Å². The van der Waals surface area contributed by atoms with Gasteiger partial charge in [0.05, 0.1) is 17.3 Å². The van der Waals surface area contributed by atoms with Gasteiger partial charge in [-0.25, -0.2) is 0 Å². The van der Waals surface area contributed by atoms with Gasteiger partial charge in [0.25, 0.3) is 0 Å². The summed E-state index contributed by atoms with van der Waals surface area (Å²) < 4.78 is 0. The Morgan fingerprint density at radius 2 is 2.25 bits per heavy atom. The highest BCUT2D eigenvalue weighted by Gasteiger charge is 1.97. The lowest BCUT2D eigenvalue weighted by Crippen LogP contribution is -1.80. The van der Waals surface area contributed by atoms with Gasteiger partial charge in [-0.2, -0.15) is 5.26 Å². The molecule has 3 heteroatoms. The minimum atomic E-state index is 0.681. The van der Waals surface area contributed by atoms with Crippen LogP contribution in [0.4, 0.5) is 5.69 Å². The first-order valence-electron chi connectivity index (χ1n) is 4.88. The van der Waals surface area contributed by atoms with E-state index in [2.05, 4.69) is 11.1 Å². The van der Waals surface area contributed by atoms with Crippen molar-refractivity contribution in [1.82, 2.24) is 0 Å². The molecule has 0 spiro atoms. The number of thiophene rings is 1. The van der Waals surface area contributed by atoms with Crippen LogP contribution in [0.1, 0.15) is 16.0 Å². The number of nitrogens with zero attached hydrogens (tertiary/aromatic N) is 2. The van der Waals surface area contributed by atoms with Crippen molar-refractivity contribution < 1.29 is 0 Å². The molecule has 0 N–H and O–H groups in total. The van der Waals surface area contributed by atoms with Gasteiger partial charge in [0.1, 0.15) is 0 Å². The molecule has 16 heavy (non-hydrogen) atoms. The Labute approximate surface area is 98.5 Å². The summed E-state index contributed by atoms with van der Waals surface area (Å²) in [4.78, 5) is 5.44. The van der Waals surface area contributed by atoms with E-state index in [1.54, 1.807) is 17.4 Å². The topological polar surface area (TPSA) is 36.1 Å². The molecule has 2 nitrogen and oxygen atoms in total. The summed E-state index contributed by atoms with van der Waals surface area (Å²) in [5, 5.41) is 10.9. The minimum absolute atomic E-state index is 0.681. The summed E-state index contributed by atoms with van der Waals surface area (Å²) in [5.41, 5.74) is 2.48. The molecule has 0 saturated carbocycles. The second-order valence-electron chi connectivity index (χ2n) is 3.38. The first-order valence-corrected chi connectivity index (χ1v) is 5.76. The van der Waals surface area contributed by atoms with Crippen LogP contribution in [0, 0.1) is 18.3 Å². The Balaban J connectivity index is 2.26. The highest BCUT2D eigenvalue weighted by molar-refractivity contribution is 7.11.